The molecule has 0 atom stereocenters. The Hall–Kier alpha value is -1.88. The van der Waals surface area contributed by atoms with Crippen LogP contribution in [0.5, 0.6) is 0 Å². The Balaban J connectivity index is 2.26. The number of ether oxygens (including phenoxy) is 1. The molecular formula is C12H11NO3S. The van der Waals surface area contributed by atoms with Crippen LogP contribution >= 0.6 is 11.5 Å². The molecule has 0 saturated heterocycles. The van der Waals surface area contributed by atoms with Crippen molar-refractivity contribution in [3.05, 3.63) is 51.6 Å². The molecule has 0 aliphatic carbocycles. The molecule has 1 aromatic heterocycles. The third kappa shape index (κ3) is 2.82. The van der Waals surface area contributed by atoms with Crippen LogP contribution < -0.4 is 5.56 Å². The van der Waals surface area contributed by atoms with Gasteiger partial charge in [-0.2, -0.15) is 0 Å². The van der Waals surface area contributed by atoms with Gasteiger partial charge in [-0.05, 0) is 12.1 Å². The second kappa shape index (κ2) is 4.97. The predicted octanol–water partition coefficient (Wildman–Crippen LogP) is 1.96. The van der Waals surface area contributed by atoms with Crippen molar-refractivity contribution in [2.45, 2.75) is 13.5 Å². The molecule has 5 heteroatoms. The van der Waals surface area contributed by atoms with Gasteiger partial charge in [-0.3, -0.25) is 9.59 Å². The summed E-state index contributed by atoms with van der Waals surface area (Å²) in [5.41, 5.74) is 0.708. The van der Waals surface area contributed by atoms with Crippen molar-refractivity contribution in [3.63, 3.8) is 0 Å². The zero-order valence-corrected chi connectivity index (χ0v) is 10.1. The van der Waals surface area contributed by atoms with Crippen LogP contribution in [0.2, 0.25) is 0 Å². The van der Waals surface area contributed by atoms with E-state index in [1.807, 2.05) is 30.3 Å². The summed E-state index contributed by atoms with van der Waals surface area (Å²) in [5.74, 6) is -0.350. The van der Waals surface area contributed by atoms with Crippen LogP contribution in [0.15, 0.2) is 41.2 Å². The van der Waals surface area contributed by atoms with Crippen LogP contribution in [0.4, 0.5) is 0 Å². The van der Waals surface area contributed by atoms with Gasteiger partial charge < -0.3 is 4.74 Å². The molecule has 17 heavy (non-hydrogen) atoms. The fraction of sp³-hybridized carbons (Fsp3) is 0.167. The normalized spacial score (nSPS) is 10.2. The SMILES string of the molecule is CC(=O)OCc1cc(=O)n(-c2ccccc2)s1. The first-order valence-corrected chi connectivity index (χ1v) is 5.85. The zero-order valence-electron chi connectivity index (χ0n) is 9.25. The Morgan fingerprint density at radius 3 is 2.71 bits per heavy atom. The minimum atomic E-state index is -0.350. The topological polar surface area (TPSA) is 48.3 Å². The van der Waals surface area contributed by atoms with E-state index in [-0.39, 0.29) is 18.1 Å². The summed E-state index contributed by atoms with van der Waals surface area (Å²) < 4.78 is 6.42. The highest BCUT2D eigenvalue weighted by Crippen LogP contribution is 2.13. The molecule has 0 unspecified atom stereocenters. The number of esters is 1. The van der Waals surface area contributed by atoms with Gasteiger partial charge in [-0.1, -0.05) is 29.7 Å². The Morgan fingerprint density at radius 1 is 1.35 bits per heavy atom. The molecule has 2 rings (SSSR count). The van der Waals surface area contributed by atoms with Crippen LogP contribution in [0.25, 0.3) is 5.69 Å². The minimum Gasteiger partial charge on any atom is -0.460 e. The number of rotatable bonds is 3. The van der Waals surface area contributed by atoms with Crippen molar-refractivity contribution in [1.82, 2.24) is 3.96 Å². The third-order valence-corrected chi connectivity index (χ3v) is 3.15. The number of aromatic nitrogens is 1. The molecule has 0 fully saturated rings. The first-order chi connectivity index (χ1) is 8.16. The largest absolute Gasteiger partial charge is 0.460 e. The van der Waals surface area contributed by atoms with Crippen molar-refractivity contribution in [2.75, 3.05) is 0 Å². The van der Waals surface area contributed by atoms with Crippen LogP contribution in [0.3, 0.4) is 0 Å². The fourth-order valence-corrected chi connectivity index (χ4v) is 2.24. The maximum absolute atomic E-state index is 11.7. The van der Waals surface area contributed by atoms with E-state index in [2.05, 4.69) is 0 Å². The van der Waals surface area contributed by atoms with Crippen LogP contribution in [-0.4, -0.2) is 9.93 Å². The second-order valence-electron chi connectivity index (χ2n) is 3.45. The maximum atomic E-state index is 11.7. The molecule has 0 amide bonds. The summed E-state index contributed by atoms with van der Waals surface area (Å²) in [7, 11) is 0. The number of hydrogen-bond donors (Lipinski definition) is 0. The lowest BCUT2D eigenvalue weighted by Gasteiger charge is -1.99. The molecule has 0 spiro atoms. The maximum Gasteiger partial charge on any atom is 0.302 e. The molecule has 0 radical (unpaired) electrons. The van der Waals surface area contributed by atoms with Crippen molar-refractivity contribution < 1.29 is 9.53 Å². The Labute approximate surface area is 102 Å². The number of hydrogen-bond acceptors (Lipinski definition) is 4. The molecule has 0 bridgehead atoms. The zero-order chi connectivity index (χ0) is 12.3. The van der Waals surface area contributed by atoms with Crippen molar-refractivity contribution in [1.29, 1.82) is 0 Å². The van der Waals surface area contributed by atoms with E-state index in [4.69, 9.17) is 4.74 Å². The standard InChI is InChI=1S/C12H11NO3S/c1-9(14)16-8-11-7-12(15)13(17-11)10-5-3-2-4-6-10/h2-7H,8H2,1H3. The van der Waals surface area contributed by atoms with Crippen molar-refractivity contribution in [3.8, 4) is 5.69 Å². The molecule has 0 aliphatic heterocycles. The molecule has 0 aliphatic rings. The summed E-state index contributed by atoms with van der Waals surface area (Å²) in [4.78, 5) is 23.1. The molecular weight excluding hydrogens is 238 g/mol. The molecule has 88 valence electrons. The molecule has 0 saturated carbocycles. The van der Waals surface area contributed by atoms with Crippen molar-refractivity contribution in [2.24, 2.45) is 0 Å². The van der Waals surface area contributed by atoms with Crippen LogP contribution in [-0.2, 0) is 16.1 Å². The smallest absolute Gasteiger partial charge is 0.302 e. The third-order valence-electron chi connectivity index (χ3n) is 2.10. The number of nitrogens with zero attached hydrogens (tertiary/aromatic N) is 1. The van der Waals surface area contributed by atoms with Crippen molar-refractivity contribution >= 4 is 17.5 Å². The van der Waals surface area contributed by atoms with E-state index >= 15 is 0 Å². The number of carbonyl (C=O) groups is 1. The predicted molar refractivity (Wildman–Crippen MR) is 65.4 cm³/mol. The van der Waals surface area contributed by atoms with Gasteiger partial charge in [0.15, 0.2) is 0 Å². The number of carbonyl (C=O) groups excluding carboxylic acids is 1. The van der Waals surface area contributed by atoms with Gasteiger partial charge >= 0.3 is 5.97 Å². The molecule has 2 aromatic rings. The molecule has 4 nitrogen and oxygen atoms in total. The van der Waals surface area contributed by atoms with Gasteiger partial charge in [0.05, 0.1) is 10.6 Å². The summed E-state index contributed by atoms with van der Waals surface area (Å²) in [5, 5.41) is 0. The summed E-state index contributed by atoms with van der Waals surface area (Å²) in [6, 6.07) is 10.8. The lowest BCUT2D eigenvalue weighted by atomic mass is 10.3. The lowest BCUT2D eigenvalue weighted by Crippen LogP contribution is -2.08. The minimum absolute atomic E-state index is 0.108. The number of para-hydroxylation sites is 1. The van der Waals surface area contributed by atoms with E-state index in [9.17, 15) is 9.59 Å². The fourth-order valence-electron chi connectivity index (χ4n) is 1.37. The molecule has 1 heterocycles. The lowest BCUT2D eigenvalue weighted by molar-refractivity contribution is -0.142. The van der Waals surface area contributed by atoms with Crippen LogP contribution in [0.1, 0.15) is 11.8 Å². The van der Waals surface area contributed by atoms with Gasteiger partial charge in [0.2, 0.25) is 0 Å². The monoisotopic (exact) mass is 249 g/mol. The van der Waals surface area contributed by atoms with E-state index < -0.39 is 0 Å². The van der Waals surface area contributed by atoms with Gasteiger partial charge in [-0.15, -0.1) is 0 Å². The van der Waals surface area contributed by atoms with E-state index in [1.54, 1.807) is 3.96 Å². The Kier molecular flexibility index (Phi) is 3.39. The summed E-state index contributed by atoms with van der Waals surface area (Å²) >= 11 is 1.28. The highest BCUT2D eigenvalue weighted by Gasteiger charge is 2.06. The average molecular weight is 249 g/mol. The van der Waals surface area contributed by atoms with Gasteiger partial charge in [-0.25, -0.2) is 3.96 Å². The van der Waals surface area contributed by atoms with E-state index in [0.29, 0.717) is 0 Å². The first kappa shape index (κ1) is 11.6. The van der Waals surface area contributed by atoms with Crippen LogP contribution in [0, 0.1) is 0 Å². The highest BCUT2D eigenvalue weighted by molar-refractivity contribution is 7.06. The average Bonchev–Trinajstić information content (AvgIpc) is 2.69. The number of benzene rings is 1. The Bertz CT molecular complexity index is 571. The Morgan fingerprint density at radius 2 is 2.06 bits per heavy atom. The highest BCUT2D eigenvalue weighted by atomic mass is 32.1. The van der Waals surface area contributed by atoms with Gasteiger partial charge in [0.1, 0.15) is 6.61 Å². The quantitative estimate of drug-likeness (QED) is 0.781. The first-order valence-electron chi connectivity index (χ1n) is 5.08. The second-order valence-corrected chi connectivity index (χ2v) is 4.52. The summed E-state index contributed by atoms with van der Waals surface area (Å²) in [6.07, 6.45) is 0. The van der Waals surface area contributed by atoms with Gasteiger partial charge in [0, 0.05) is 13.0 Å². The van der Waals surface area contributed by atoms with Gasteiger partial charge in [0.25, 0.3) is 5.56 Å². The summed E-state index contributed by atoms with van der Waals surface area (Å²) in [6.45, 7) is 1.49. The van der Waals surface area contributed by atoms with E-state index in [1.165, 1.54) is 24.5 Å². The molecule has 0 N–H and O–H groups in total. The van der Waals surface area contributed by atoms with E-state index in [0.717, 1.165) is 10.6 Å². The molecule has 1 aromatic carbocycles.